The Morgan fingerprint density at radius 1 is 1.35 bits per heavy atom. The molecule has 0 amide bonds. The van der Waals surface area contributed by atoms with Crippen LogP contribution in [0.3, 0.4) is 0 Å². The first-order chi connectivity index (χ1) is 10.8. The summed E-state index contributed by atoms with van der Waals surface area (Å²) in [5, 5.41) is 3.89. The van der Waals surface area contributed by atoms with Gasteiger partial charge in [0.25, 0.3) is 0 Å². The van der Waals surface area contributed by atoms with Crippen molar-refractivity contribution < 1.29 is 9.53 Å². The van der Waals surface area contributed by atoms with Crippen LogP contribution in [-0.2, 0) is 4.74 Å². The number of aromatic nitrogens is 1. The van der Waals surface area contributed by atoms with Crippen LogP contribution in [0.5, 0.6) is 0 Å². The third-order valence-corrected chi connectivity index (χ3v) is 4.93. The number of nitrogens with one attached hydrogen (secondary N) is 1. The van der Waals surface area contributed by atoms with E-state index in [1.165, 1.54) is 19.0 Å². The number of hydrogen-bond acceptors (Lipinski definition) is 4. The molecule has 5 heteroatoms. The van der Waals surface area contributed by atoms with Crippen molar-refractivity contribution in [2.45, 2.75) is 59.4 Å². The van der Waals surface area contributed by atoms with Crippen LogP contribution in [0.15, 0.2) is 12.3 Å². The normalized spacial score (nSPS) is 21.8. The number of carbonyl (C=O) groups excluding carboxylic acids is 1. The molecule has 0 saturated heterocycles. The topological polar surface area (TPSA) is 51.2 Å². The maximum atomic E-state index is 11.7. The van der Waals surface area contributed by atoms with Gasteiger partial charge in [-0.2, -0.15) is 0 Å². The van der Waals surface area contributed by atoms with Crippen molar-refractivity contribution in [1.82, 2.24) is 4.98 Å². The zero-order valence-corrected chi connectivity index (χ0v) is 15.2. The highest BCUT2D eigenvalue weighted by molar-refractivity contribution is 6.33. The van der Waals surface area contributed by atoms with Crippen LogP contribution in [0.25, 0.3) is 0 Å². The van der Waals surface area contributed by atoms with E-state index in [-0.39, 0.29) is 5.97 Å². The van der Waals surface area contributed by atoms with Crippen molar-refractivity contribution in [3.8, 4) is 0 Å². The Morgan fingerprint density at radius 2 is 2.00 bits per heavy atom. The number of ether oxygens (including phenoxy) is 1. The molecule has 2 rings (SSSR count). The molecule has 0 aromatic carbocycles. The first-order valence-corrected chi connectivity index (χ1v) is 8.78. The van der Waals surface area contributed by atoms with Crippen molar-refractivity contribution in [3.63, 3.8) is 0 Å². The Hall–Kier alpha value is -1.29. The number of esters is 1. The molecule has 0 atom stereocenters. The summed E-state index contributed by atoms with van der Waals surface area (Å²) in [4.78, 5) is 16.0. The molecule has 0 spiro atoms. The first-order valence-electron chi connectivity index (χ1n) is 8.40. The van der Waals surface area contributed by atoms with Gasteiger partial charge in [0.05, 0.1) is 17.2 Å². The van der Waals surface area contributed by atoms with Gasteiger partial charge in [-0.05, 0) is 50.0 Å². The Kier molecular flexibility index (Phi) is 5.90. The number of halogens is 1. The zero-order chi connectivity index (χ0) is 17.0. The molecule has 128 valence electrons. The SMILES string of the molecule is CCOC(=O)c1cnc(NC2CCC(C(C)(C)C)CC2)c(Cl)c1. The fourth-order valence-corrected chi connectivity index (χ4v) is 3.39. The lowest BCUT2D eigenvalue weighted by Crippen LogP contribution is -2.31. The highest BCUT2D eigenvalue weighted by atomic mass is 35.5. The second kappa shape index (κ2) is 7.52. The predicted molar refractivity (Wildman–Crippen MR) is 94.0 cm³/mol. The largest absolute Gasteiger partial charge is 0.462 e. The van der Waals surface area contributed by atoms with Crippen LogP contribution in [0.4, 0.5) is 5.82 Å². The van der Waals surface area contributed by atoms with Crippen LogP contribution in [0.2, 0.25) is 5.02 Å². The van der Waals surface area contributed by atoms with Crippen LogP contribution < -0.4 is 5.32 Å². The quantitative estimate of drug-likeness (QED) is 0.791. The van der Waals surface area contributed by atoms with Crippen molar-refractivity contribution in [1.29, 1.82) is 0 Å². The summed E-state index contributed by atoms with van der Waals surface area (Å²) in [5.41, 5.74) is 0.765. The second-order valence-corrected chi connectivity index (χ2v) is 7.74. The molecule has 0 aliphatic heterocycles. The van der Waals surface area contributed by atoms with Gasteiger partial charge in [-0.3, -0.25) is 0 Å². The summed E-state index contributed by atoms with van der Waals surface area (Å²) >= 11 is 6.26. The number of carbonyl (C=O) groups is 1. The first kappa shape index (κ1) is 18.1. The van der Waals surface area contributed by atoms with Gasteiger partial charge in [-0.1, -0.05) is 32.4 Å². The fraction of sp³-hybridized carbons (Fsp3) is 0.667. The van der Waals surface area contributed by atoms with Crippen molar-refractivity contribution in [2.75, 3.05) is 11.9 Å². The summed E-state index contributed by atoms with van der Waals surface area (Å²) in [7, 11) is 0. The van der Waals surface area contributed by atoms with Gasteiger partial charge < -0.3 is 10.1 Å². The highest BCUT2D eigenvalue weighted by Crippen LogP contribution is 2.38. The number of nitrogens with zero attached hydrogens (tertiary/aromatic N) is 1. The van der Waals surface area contributed by atoms with Crippen LogP contribution in [-0.4, -0.2) is 23.6 Å². The molecule has 1 N–H and O–H groups in total. The average molecular weight is 339 g/mol. The smallest absolute Gasteiger partial charge is 0.339 e. The summed E-state index contributed by atoms with van der Waals surface area (Å²) < 4.78 is 4.96. The van der Waals surface area contributed by atoms with Crippen LogP contribution >= 0.6 is 11.6 Å². The molecule has 1 saturated carbocycles. The number of rotatable bonds is 4. The fourth-order valence-electron chi connectivity index (χ4n) is 3.17. The van der Waals surface area contributed by atoms with Crippen molar-refractivity contribution in [2.24, 2.45) is 11.3 Å². The molecule has 1 aliphatic carbocycles. The van der Waals surface area contributed by atoms with Gasteiger partial charge >= 0.3 is 5.97 Å². The molecule has 0 bridgehead atoms. The highest BCUT2D eigenvalue weighted by Gasteiger charge is 2.29. The lowest BCUT2D eigenvalue weighted by Gasteiger charge is -2.37. The lowest BCUT2D eigenvalue weighted by molar-refractivity contribution is 0.0526. The van der Waals surface area contributed by atoms with Gasteiger partial charge in [0, 0.05) is 12.2 Å². The Labute approximate surface area is 144 Å². The standard InChI is InChI=1S/C18H27ClN2O2/c1-5-23-17(22)12-10-15(19)16(20-11-12)21-14-8-6-13(7-9-14)18(2,3)4/h10-11,13-14H,5-9H2,1-4H3,(H,20,21). The Balaban J connectivity index is 1.95. The predicted octanol–water partition coefficient (Wildman–Crippen LogP) is 4.93. The zero-order valence-electron chi connectivity index (χ0n) is 14.5. The Bertz CT molecular complexity index is 546. The molecule has 23 heavy (non-hydrogen) atoms. The minimum absolute atomic E-state index is 0.341. The molecule has 1 aromatic rings. The molecule has 1 fully saturated rings. The molecule has 4 nitrogen and oxygen atoms in total. The van der Waals surface area contributed by atoms with Gasteiger partial charge in [-0.25, -0.2) is 9.78 Å². The van der Waals surface area contributed by atoms with Crippen molar-refractivity contribution in [3.05, 3.63) is 22.8 Å². The van der Waals surface area contributed by atoms with E-state index >= 15 is 0 Å². The van der Waals surface area contributed by atoms with E-state index in [0.717, 1.165) is 18.8 Å². The van der Waals surface area contributed by atoms with Crippen LogP contribution in [0.1, 0.15) is 63.7 Å². The van der Waals surface area contributed by atoms with Crippen molar-refractivity contribution >= 4 is 23.4 Å². The third kappa shape index (κ3) is 4.84. The van der Waals surface area contributed by atoms with E-state index in [1.807, 2.05) is 0 Å². The van der Waals surface area contributed by atoms with Gasteiger partial charge in [-0.15, -0.1) is 0 Å². The minimum atomic E-state index is -0.390. The summed E-state index contributed by atoms with van der Waals surface area (Å²) in [6.07, 6.45) is 6.21. The third-order valence-electron chi connectivity index (χ3n) is 4.65. The summed E-state index contributed by atoms with van der Waals surface area (Å²) in [5.74, 6) is 1.04. The summed E-state index contributed by atoms with van der Waals surface area (Å²) in [6, 6.07) is 2.02. The minimum Gasteiger partial charge on any atom is -0.462 e. The molecular formula is C18H27ClN2O2. The van der Waals surface area contributed by atoms with Gasteiger partial charge in [0.15, 0.2) is 0 Å². The van der Waals surface area contributed by atoms with E-state index in [2.05, 4.69) is 31.1 Å². The molecule has 1 aromatic heterocycles. The van der Waals surface area contributed by atoms with E-state index in [4.69, 9.17) is 16.3 Å². The van der Waals surface area contributed by atoms with E-state index in [9.17, 15) is 4.79 Å². The second-order valence-electron chi connectivity index (χ2n) is 7.33. The maximum absolute atomic E-state index is 11.7. The monoisotopic (exact) mass is 338 g/mol. The summed E-state index contributed by atoms with van der Waals surface area (Å²) in [6.45, 7) is 9.07. The van der Waals surface area contributed by atoms with Gasteiger partial charge in [0.2, 0.25) is 0 Å². The Morgan fingerprint density at radius 3 is 2.52 bits per heavy atom. The number of anilines is 1. The molecule has 1 heterocycles. The van der Waals surface area contributed by atoms with E-state index < -0.39 is 0 Å². The number of pyridine rings is 1. The molecule has 0 radical (unpaired) electrons. The van der Waals surface area contributed by atoms with Gasteiger partial charge in [0.1, 0.15) is 5.82 Å². The molecule has 0 unspecified atom stereocenters. The van der Waals surface area contributed by atoms with E-state index in [1.54, 1.807) is 13.0 Å². The average Bonchev–Trinajstić information content (AvgIpc) is 2.49. The molecular weight excluding hydrogens is 312 g/mol. The lowest BCUT2D eigenvalue weighted by atomic mass is 9.71. The maximum Gasteiger partial charge on any atom is 0.339 e. The van der Waals surface area contributed by atoms with Crippen LogP contribution in [0, 0.1) is 11.3 Å². The van der Waals surface area contributed by atoms with E-state index in [0.29, 0.717) is 34.5 Å². The number of hydrogen-bond donors (Lipinski definition) is 1. The molecule has 1 aliphatic rings.